The van der Waals surface area contributed by atoms with Gasteiger partial charge in [0, 0.05) is 25.0 Å². The Kier molecular flexibility index (Phi) is 3.92. The van der Waals surface area contributed by atoms with Crippen LogP contribution in [0.5, 0.6) is 0 Å². The van der Waals surface area contributed by atoms with Gasteiger partial charge in [0.15, 0.2) is 5.82 Å². The van der Waals surface area contributed by atoms with Crippen molar-refractivity contribution in [3.8, 4) is 0 Å². The topological polar surface area (TPSA) is 41.1 Å². The number of para-hydroxylation sites is 1. The van der Waals surface area contributed by atoms with E-state index in [4.69, 9.17) is 4.98 Å². The van der Waals surface area contributed by atoms with E-state index >= 15 is 0 Å². The Balaban J connectivity index is 1.98. The highest BCUT2D eigenvalue weighted by atomic mass is 15.2. The predicted octanol–water partition coefficient (Wildman–Crippen LogP) is 2.67. The lowest BCUT2D eigenvalue weighted by Crippen LogP contribution is -2.20. The zero-order valence-corrected chi connectivity index (χ0v) is 11.8. The Morgan fingerprint density at radius 3 is 3.00 bits per heavy atom. The highest BCUT2D eigenvalue weighted by Gasteiger charge is 2.17. The van der Waals surface area contributed by atoms with Crippen LogP contribution in [0.15, 0.2) is 36.7 Å². The number of hydrogen-bond acceptors (Lipinski definition) is 4. The molecule has 0 radical (unpaired) electrons. The van der Waals surface area contributed by atoms with Crippen LogP contribution in [0.25, 0.3) is 0 Å². The van der Waals surface area contributed by atoms with Crippen molar-refractivity contribution in [3.63, 3.8) is 0 Å². The van der Waals surface area contributed by atoms with Crippen molar-refractivity contribution < 1.29 is 0 Å². The van der Waals surface area contributed by atoms with E-state index in [1.54, 1.807) is 0 Å². The molecule has 0 aliphatic carbocycles. The third-order valence-corrected chi connectivity index (χ3v) is 3.67. The summed E-state index contributed by atoms with van der Waals surface area (Å²) in [5, 5.41) is 3.12. The van der Waals surface area contributed by atoms with E-state index in [0.29, 0.717) is 0 Å². The van der Waals surface area contributed by atoms with Crippen LogP contribution >= 0.6 is 0 Å². The molecule has 20 heavy (non-hydrogen) atoms. The number of benzene rings is 1. The van der Waals surface area contributed by atoms with Gasteiger partial charge < -0.3 is 10.2 Å². The number of aromatic nitrogens is 2. The van der Waals surface area contributed by atoms with Crippen molar-refractivity contribution in [1.82, 2.24) is 15.3 Å². The molecule has 4 heteroatoms. The molecule has 0 fully saturated rings. The van der Waals surface area contributed by atoms with Crippen LogP contribution in [0.2, 0.25) is 0 Å². The second kappa shape index (κ2) is 6.01. The summed E-state index contributed by atoms with van der Waals surface area (Å²) in [5.41, 5.74) is 3.67. The number of aryl methyl sites for hydroxylation is 1. The second-order valence-electron chi connectivity index (χ2n) is 5.14. The summed E-state index contributed by atoms with van der Waals surface area (Å²) < 4.78 is 0. The van der Waals surface area contributed by atoms with Gasteiger partial charge in [-0.15, -0.1) is 0 Å². The minimum Gasteiger partial charge on any atom is -0.325 e. The van der Waals surface area contributed by atoms with E-state index in [1.807, 2.05) is 19.4 Å². The van der Waals surface area contributed by atoms with E-state index in [9.17, 15) is 0 Å². The summed E-state index contributed by atoms with van der Waals surface area (Å²) in [4.78, 5) is 11.4. The van der Waals surface area contributed by atoms with Crippen molar-refractivity contribution in [3.05, 3.63) is 47.9 Å². The average Bonchev–Trinajstić information content (AvgIpc) is 2.70. The quantitative estimate of drug-likeness (QED) is 0.929. The molecule has 0 atom stereocenters. The summed E-state index contributed by atoms with van der Waals surface area (Å²) in [6.07, 6.45) is 7.26. The largest absolute Gasteiger partial charge is 0.325 e. The molecule has 3 rings (SSSR count). The van der Waals surface area contributed by atoms with Gasteiger partial charge in [-0.25, -0.2) is 4.98 Å². The normalized spacial score (nSPS) is 14.8. The molecule has 0 saturated heterocycles. The maximum absolute atomic E-state index is 4.73. The zero-order chi connectivity index (χ0) is 13.8. The SMILES string of the molecule is CNCc1cncc(N2CCCCc3ccccc32)n1. The Hall–Kier alpha value is -1.94. The smallest absolute Gasteiger partial charge is 0.151 e. The van der Waals surface area contributed by atoms with Crippen molar-refractivity contribution in [2.24, 2.45) is 0 Å². The molecule has 0 unspecified atom stereocenters. The summed E-state index contributed by atoms with van der Waals surface area (Å²) in [5.74, 6) is 0.951. The standard InChI is InChI=1S/C16H20N4/c1-17-10-14-11-18-12-16(19-14)20-9-5-4-7-13-6-2-3-8-15(13)20/h2-3,6,8,11-12,17H,4-5,7,9-10H2,1H3. The van der Waals surface area contributed by atoms with E-state index in [0.717, 1.165) is 31.0 Å². The van der Waals surface area contributed by atoms with Gasteiger partial charge in [-0.2, -0.15) is 0 Å². The molecule has 1 aromatic carbocycles. The first-order chi connectivity index (χ1) is 9.88. The first kappa shape index (κ1) is 13.1. The van der Waals surface area contributed by atoms with Crippen molar-refractivity contribution >= 4 is 11.5 Å². The van der Waals surface area contributed by atoms with Gasteiger partial charge in [0.2, 0.25) is 0 Å². The van der Waals surface area contributed by atoms with Gasteiger partial charge in [0.1, 0.15) is 0 Å². The summed E-state index contributed by atoms with van der Waals surface area (Å²) >= 11 is 0. The fraction of sp³-hybridized carbons (Fsp3) is 0.375. The highest BCUT2D eigenvalue weighted by molar-refractivity contribution is 5.64. The molecule has 1 aromatic heterocycles. The van der Waals surface area contributed by atoms with Crippen molar-refractivity contribution in [2.45, 2.75) is 25.8 Å². The van der Waals surface area contributed by atoms with Crippen LogP contribution in [-0.4, -0.2) is 23.6 Å². The summed E-state index contributed by atoms with van der Waals surface area (Å²) in [6, 6.07) is 8.62. The monoisotopic (exact) mass is 268 g/mol. The molecule has 4 nitrogen and oxygen atoms in total. The number of rotatable bonds is 3. The molecule has 2 aromatic rings. The highest BCUT2D eigenvalue weighted by Crippen LogP contribution is 2.31. The van der Waals surface area contributed by atoms with E-state index < -0.39 is 0 Å². The Morgan fingerprint density at radius 1 is 1.20 bits per heavy atom. The molecule has 1 aliphatic heterocycles. The number of nitrogens with zero attached hydrogens (tertiary/aromatic N) is 3. The number of nitrogens with one attached hydrogen (secondary N) is 1. The number of hydrogen-bond donors (Lipinski definition) is 1. The molecule has 2 heterocycles. The first-order valence-corrected chi connectivity index (χ1v) is 7.19. The van der Waals surface area contributed by atoms with Crippen LogP contribution < -0.4 is 10.2 Å². The van der Waals surface area contributed by atoms with E-state index in [1.165, 1.54) is 24.1 Å². The van der Waals surface area contributed by atoms with Gasteiger partial charge in [0.05, 0.1) is 11.9 Å². The van der Waals surface area contributed by atoms with Crippen molar-refractivity contribution in [1.29, 1.82) is 0 Å². The maximum atomic E-state index is 4.73. The lowest BCUT2D eigenvalue weighted by Gasteiger charge is -2.24. The predicted molar refractivity (Wildman–Crippen MR) is 81.2 cm³/mol. The average molecular weight is 268 g/mol. The molecule has 0 saturated carbocycles. The molecule has 0 amide bonds. The Bertz CT molecular complexity index is 582. The minimum absolute atomic E-state index is 0.746. The van der Waals surface area contributed by atoms with Gasteiger partial charge >= 0.3 is 0 Å². The van der Waals surface area contributed by atoms with Crippen LogP contribution in [0.1, 0.15) is 24.1 Å². The van der Waals surface area contributed by atoms with Crippen LogP contribution in [0.3, 0.4) is 0 Å². The molecule has 104 valence electrons. The van der Waals surface area contributed by atoms with E-state index in [2.05, 4.69) is 39.5 Å². The fourth-order valence-corrected chi connectivity index (χ4v) is 2.72. The molecular formula is C16H20N4. The lowest BCUT2D eigenvalue weighted by molar-refractivity contribution is 0.748. The maximum Gasteiger partial charge on any atom is 0.151 e. The van der Waals surface area contributed by atoms with E-state index in [-0.39, 0.29) is 0 Å². The lowest BCUT2D eigenvalue weighted by atomic mass is 10.1. The first-order valence-electron chi connectivity index (χ1n) is 7.19. The molecule has 0 spiro atoms. The second-order valence-corrected chi connectivity index (χ2v) is 5.14. The molecule has 1 aliphatic rings. The third-order valence-electron chi connectivity index (χ3n) is 3.67. The molecule has 1 N–H and O–H groups in total. The van der Waals surface area contributed by atoms with Gasteiger partial charge in [-0.1, -0.05) is 18.2 Å². The zero-order valence-electron chi connectivity index (χ0n) is 11.8. The molecular weight excluding hydrogens is 248 g/mol. The van der Waals surface area contributed by atoms with Gasteiger partial charge in [-0.3, -0.25) is 4.98 Å². The number of anilines is 2. The van der Waals surface area contributed by atoms with Gasteiger partial charge in [-0.05, 0) is 37.9 Å². The summed E-state index contributed by atoms with van der Waals surface area (Å²) in [6.45, 7) is 1.75. The summed E-state index contributed by atoms with van der Waals surface area (Å²) in [7, 11) is 1.93. The van der Waals surface area contributed by atoms with Gasteiger partial charge in [0.25, 0.3) is 0 Å². The number of fused-ring (bicyclic) bond motifs is 1. The molecule has 0 bridgehead atoms. The fourth-order valence-electron chi connectivity index (χ4n) is 2.72. The van der Waals surface area contributed by atoms with Crippen molar-refractivity contribution in [2.75, 3.05) is 18.5 Å². The minimum atomic E-state index is 0.746. The third kappa shape index (κ3) is 2.65. The Labute approximate surface area is 119 Å². The van der Waals surface area contributed by atoms with Crippen LogP contribution in [0, 0.1) is 0 Å². The van der Waals surface area contributed by atoms with Crippen LogP contribution in [0.4, 0.5) is 11.5 Å². The Morgan fingerprint density at radius 2 is 2.10 bits per heavy atom. The van der Waals surface area contributed by atoms with Crippen LogP contribution in [-0.2, 0) is 13.0 Å².